The van der Waals surface area contributed by atoms with Crippen LogP contribution in [0.15, 0.2) is 36.1 Å². The molecule has 0 fully saturated rings. The van der Waals surface area contributed by atoms with Crippen molar-refractivity contribution >= 4 is 16.3 Å². The van der Waals surface area contributed by atoms with E-state index in [4.69, 9.17) is 0 Å². The number of rotatable bonds is 4. The van der Waals surface area contributed by atoms with Crippen LogP contribution in [0.25, 0.3) is 4.96 Å². The molecule has 0 saturated heterocycles. The van der Waals surface area contributed by atoms with Crippen molar-refractivity contribution in [3.05, 3.63) is 53.1 Å². The largest absolute Gasteiger partial charge is 0.305 e. The molecule has 3 rings (SSSR count). The van der Waals surface area contributed by atoms with Gasteiger partial charge in [0.25, 0.3) is 0 Å². The van der Waals surface area contributed by atoms with E-state index in [1.54, 1.807) is 17.5 Å². The quantitative estimate of drug-likeness (QED) is 0.794. The van der Waals surface area contributed by atoms with Crippen LogP contribution in [0.1, 0.15) is 29.9 Å². The zero-order chi connectivity index (χ0) is 13.2. The Bertz CT molecular complexity index is 671. The SMILES string of the molecule is Cc1nc2sccn2c1CN[C@H](C)c1cccnc1. The van der Waals surface area contributed by atoms with Gasteiger partial charge >= 0.3 is 0 Å². The molecule has 3 heterocycles. The Morgan fingerprint density at radius 2 is 2.37 bits per heavy atom. The number of hydrogen-bond acceptors (Lipinski definition) is 4. The number of thiazole rings is 1. The number of pyridine rings is 1. The van der Waals surface area contributed by atoms with Crippen molar-refractivity contribution in [3.63, 3.8) is 0 Å². The second-order valence-electron chi connectivity index (χ2n) is 4.59. The number of fused-ring (bicyclic) bond motifs is 1. The minimum absolute atomic E-state index is 0.275. The second kappa shape index (κ2) is 5.11. The summed E-state index contributed by atoms with van der Waals surface area (Å²) in [5.41, 5.74) is 3.52. The minimum Gasteiger partial charge on any atom is -0.305 e. The van der Waals surface area contributed by atoms with Crippen molar-refractivity contribution in [1.82, 2.24) is 19.7 Å². The van der Waals surface area contributed by atoms with Crippen molar-refractivity contribution < 1.29 is 0 Å². The molecule has 0 aliphatic carbocycles. The summed E-state index contributed by atoms with van der Waals surface area (Å²) in [7, 11) is 0. The van der Waals surface area contributed by atoms with E-state index in [0.717, 1.165) is 17.2 Å². The maximum atomic E-state index is 4.55. The van der Waals surface area contributed by atoms with Crippen LogP contribution in [0.4, 0.5) is 0 Å². The zero-order valence-electron chi connectivity index (χ0n) is 11.0. The standard InChI is InChI=1S/C14H16N4S/c1-10(12-4-3-5-15-8-12)16-9-13-11(2)17-14-18(13)6-7-19-14/h3-8,10,16H,9H2,1-2H3/t10-/m1/s1. The molecule has 3 aromatic rings. The van der Waals surface area contributed by atoms with Crippen molar-refractivity contribution in [2.24, 2.45) is 0 Å². The third-order valence-electron chi connectivity index (χ3n) is 3.32. The number of aromatic nitrogens is 3. The highest BCUT2D eigenvalue weighted by atomic mass is 32.1. The molecule has 0 aliphatic rings. The Morgan fingerprint density at radius 3 is 3.16 bits per heavy atom. The molecule has 0 unspecified atom stereocenters. The first-order valence-corrected chi connectivity index (χ1v) is 7.18. The van der Waals surface area contributed by atoms with Gasteiger partial charge in [-0.2, -0.15) is 0 Å². The van der Waals surface area contributed by atoms with E-state index in [0.29, 0.717) is 0 Å². The number of imidazole rings is 1. The number of nitrogens with one attached hydrogen (secondary N) is 1. The monoisotopic (exact) mass is 272 g/mol. The van der Waals surface area contributed by atoms with Crippen molar-refractivity contribution in [2.45, 2.75) is 26.4 Å². The van der Waals surface area contributed by atoms with Gasteiger partial charge in [0.15, 0.2) is 4.96 Å². The second-order valence-corrected chi connectivity index (χ2v) is 5.46. The van der Waals surface area contributed by atoms with Crippen LogP contribution in [0.2, 0.25) is 0 Å². The molecule has 0 saturated carbocycles. The zero-order valence-corrected chi connectivity index (χ0v) is 11.8. The molecule has 3 aromatic heterocycles. The maximum Gasteiger partial charge on any atom is 0.194 e. The van der Waals surface area contributed by atoms with Gasteiger partial charge in [-0.25, -0.2) is 4.98 Å². The average Bonchev–Trinajstić information content (AvgIpc) is 2.98. The minimum atomic E-state index is 0.275. The molecular weight excluding hydrogens is 256 g/mol. The summed E-state index contributed by atoms with van der Waals surface area (Å²) in [6.45, 7) is 5.02. The van der Waals surface area contributed by atoms with Gasteiger partial charge in [0.05, 0.1) is 11.4 Å². The van der Waals surface area contributed by atoms with Crippen molar-refractivity contribution in [3.8, 4) is 0 Å². The average molecular weight is 272 g/mol. The van der Waals surface area contributed by atoms with E-state index in [1.807, 2.05) is 12.3 Å². The Balaban J connectivity index is 1.76. The normalized spacial score (nSPS) is 12.9. The summed E-state index contributed by atoms with van der Waals surface area (Å²) in [6, 6.07) is 4.33. The highest BCUT2D eigenvalue weighted by molar-refractivity contribution is 7.15. The topological polar surface area (TPSA) is 42.2 Å². The summed E-state index contributed by atoms with van der Waals surface area (Å²) in [5.74, 6) is 0. The van der Waals surface area contributed by atoms with E-state index >= 15 is 0 Å². The Kier molecular flexibility index (Phi) is 3.31. The van der Waals surface area contributed by atoms with Gasteiger partial charge in [0, 0.05) is 36.6 Å². The van der Waals surface area contributed by atoms with Gasteiger partial charge in [-0.3, -0.25) is 9.38 Å². The first-order valence-electron chi connectivity index (χ1n) is 6.30. The Hall–Kier alpha value is -1.72. The lowest BCUT2D eigenvalue weighted by atomic mass is 10.1. The number of nitrogens with zero attached hydrogens (tertiary/aromatic N) is 3. The van der Waals surface area contributed by atoms with Gasteiger partial charge in [-0.1, -0.05) is 6.07 Å². The molecule has 4 nitrogen and oxygen atoms in total. The highest BCUT2D eigenvalue weighted by Gasteiger charge is 2.11. The molecular formula is C14H16N4S. The van der Waals surface area contributed by atoms with E-state index in [2.05, 4.69) is 51.2 Å². The lowest BCUT2D eigenvalue weighted by molar-refractivity contribution is 0.563. The van der Waals surface area contributed by atoms with Crippen molar-refractivity contribution in [1.29, 1.82) is 0 Å². The lowest BCUT2D eigenvalue weighted by Gasteiger charge is -2.13. The molecule has 1 N–H and O–H groups in total. The molecule has 0 radical (unpaired) electrons. The van der Waals surface area contributed by atoms with Crippen LogP contribution < -0.4 is 5.32 Å². The summed E-state index contributed by atoms with van der Waals surface area (Å²) in [4.78, 5) is 9.77. The first kappa shape index (κ1) is 12.3. The summed E-state index contributed by atoms with van der Waals surface area (Å²) < 4.78 is 2.16. The molecule has 0 amide bonds. The number of hydrogen-bond donors (Lipinski definition) is 1. The fraction of sp³-hybridized carbons (Fsp3) is 0.286. The Labute approximate surface area is 116 Å². The fourth-order valence-electron chi connectivity index (χ4n) is 2.15. The van der Waals surface area contributed by atoms with Gasteiger partial charge in [0.1, 0.15) is 0 Å². The molecule has 0 aliphatic heterocycles. The molecule has 1 atom stereocenters. The molecule has 19 heavy (non-hydrogen) atoms. The van der Waals surface area contributed by atoms with Gasteiger partial charge in [-0.15, -0.1) is 11.3 Å². The van der Waals surface area contributed by atoms with E-state index in [-0.39, 0.29) is 6.04 Å². The predicted octanol–water partition coefficient (Wildman–Crippen LogP) is 2.95. The summed E-state index contributed by atoms with van der Waals surface area (Å²) in [5, 5.41) is 5.59. The third kappa shape index (κ3) is 2.39. The summed E-state index contributed by atoms with van der Waals surface area (Å²) in [6.07, 6.45) is 5.78. The van der Waals surface area contributed by atoms with Crippen LogP contribution >= 0.6 is 11.3 Å². The maximum absolute atomic E-state index is 4.55. The van der Waals surface area contributed by atoms with Crippen molar-refractivity contribution in [2.75, 3.05) is 0 Å². The first-order chi connectivity index (χ1) is 9.25. The van der Waals surface area contributed by atoms with Crippen LogP contribution in [0.5, 0.6) is 0 Å². The smallest absolute Gasteiger partial charge is 0.194 e. The lowest BCUT2D eigenvalue weighted by Crippen LogP contribution is -2.19. The molecule has 0 bridgehead atoms. The number of aryl methyl sites for hydroxylation is 1. The third-order valence-corrected chi connectivity index (χ3v) is 4.08. The van der Waals surface area contributed by atoms with Gasteiger partial charge < -0.3 is 5.32 Å². The van der Waals surface area contributed by atoms with E-state index < -0.39 is 0 Å². The van der Waals surface area contributed by atoms with Gasteiger partial charge in [-0.05, 0) is 25.5 Å². The van der Waals surface area contributed by atoms with Crippen LogP contribution in [-0.2, 0) is 6.54 Å². The van der Waals surface area contributed by atoms with Crippen LogP contribution in [0.3, 0.4) is 0 Å². The molecule has 0 spiro atoms. The van der Waals surface area contributed by atoms with Gasteiger partial charge in [0.2, 0.25) is 0 Å². The Morgan fingerprint density at radius 1 is 1.47 bits per heavy atom. The van der Waals surface area contributed by atoms with Crippen LogP contribution in [0, 0.1) is 6.92 Å². The fourth-order valence-corrected chi connectivity index (χ4v) is 2.93. The molecule has 5 heteroatoms. The highest BCUT2D eigenvalue weighted by Crippen LogP contribution is 2.18. The molecule has 98 valence electrons. The molecule has 0 aromatic carbocycles. The predicted molar refractivity (Wildman–Crippen MR) is 77.3 cm³/mol. The van der Waals surface area contributed by atoms with Crippen LogP contribution in [-0.4, -0.2) is 14.4 Å². The summed E-state index contributed by atoms with van der Waals surface area (Å²) >= 11 is 1.67. The van der Waals surface area contributed by atoms with E-state index in [9.17, 15) is 0 Å². The van der Waals surface area contributed by atoms with E-state index in [1.165, 1.54) is 11.3 Å².